The molecule has 3 aromatic rings. The van der Waals surface area contributed by atoms with E-state index in [9.17, 15) is 4.79 Å². The SMILES string of the molecule is COc1cccc(CNC(=O)NCc2cccn2Cc2c(C)cc(C)cc2C)c1. The number of aryl methyl sites for hydroxylation is 3. The van der Waals surface area contributed by atoms with E-state index in [-0.39, 0.29) is 6.03 Å². The highest BCUT2D eigenvalue weighted by atomic mass is 16.5. The maximum Gasteiger partial charge on any atom is 0.315 e. The first-order valence-electron chi connectivity index (χ1n) is 9.81. The first-order chi connectivity index (χ1) is 14.0. The molecule has 5 nitrogen and oxygen atoms in total. The van der Waals surface area contributed by atoms with Crippen LogP contribution in [0, 0.1) is 20.8 Å². The number of aromatic nitrogens is 1. The standard InChI is InChI=1S/C24H29N3O2/c1-17-11-18(2)23(19(3)12-17)16-27-10-6-8-21(27)15-26-24(28)25-14-20-7-5-9-22(13-20)29-4/h5-13H,14-16H2,1-4H3,(H2,25,26,28). The fourth-order valence-corrected chi connectivity index (χ4v) is 3.59. The lowest BCUT2D eigenvalue weighted by Gasteiger charge is -2.15. The van der Waals surface area contributed by atoms with Gasteiger partial charge in [-0.15, -0.1) is 0 Å². The molecule has 0 radical (unpaired) electrons. The van der Waals surface area contributed by atoms with Gasteiger partial charge in [0.1, 0.15) is 5.75 Å². The molecule has 0 bridgehead atoms. The van der Waals surface area contributed by atoms with Crippen molar-refractivity contribution in [2.24, 2.45) is 0 Å². The minimum Gasteiger partial charge on any atom is -0.497 e. The van der Waals surface area contributed by atoms with E-state index in [1.807, 2.05) is 36.4 Å². The number of rotatable bonds is 7. The Morgan fingerprint density at radius 3 is 2.41 bits per heavy atom. The molecule has 1 heterocycles. The van der Waals surface area contributed by atoms with Crippen molar-refractivity contribution in [3.8, 4) is 5.75 Å². The zero-order valence-corrected chi connectivity index (χ0v) is 17.6. The average Bonchev–Trinajstić information content (AvgIpc) is 3.14. The van der Waals surface area contributed by atoms with Gasteiger partial charge in [-0.25, -0.2) is 4.79 Å². The van der Waals surface area contributed by atoms with Crippen LogP contribution in [0.5, 0.6) is 5.75 Å². The van der Waals surface area contributed by atoms with Crippen molar-refractivity contribution in [3.05, 3.63) is 88.2 Å². The molecule has 1 aromatic heterocycles. The monoisotopic (exact) mass is 391 g/mol. The van der Waals surface area contributed by atoms with Gasteiger partial charge in [-0.05, 0) is 67.3 Å². The highest BCUT2D eigenvalue weighted by Crippen LogP contribution is 2.19. The number of nitrogens with one attached hydrogen (secondary N) is 2. The van der Waals surface area contributed by atoms with Gasteiger partial charge < -0.3 is 19.9 Å². The second kappa shape index (κ2) is 9.32. The highest BCUT2D eigenvalue weighted by molar-refractivity contribution is 5.73. The van der Waals surface area contributed by atoms with Crippen molar-refractivity contribution in [2.75, 3.05) is 7.11 Å². The van der Waals surface area contributed by atoms with Crippen LogP contribution in [0.25, 0.3) is 0 Å². The molecular weight excluding hydrogens is 362 g/mol. The lowest BCUT2D eigenvalue weighted by molar-refractivity contribution is 0.240. The Labute approximate surface area is 172 Å². The summed E-state index contributed by atoms with van der Waals surface area (Å²) in [6.07, 6.45) is 2.06. The van der Waals surface area contributed by atoms with Crippen LogP contribution >= 0.6 is 0 Å². The summed E-state index contributed by atoms with van der Waals surface area (Å²) in [5.41, 5.74) is 7.27. The summed E-state index contributed by atoms with van der Waals surface area (Å²) in [5.74, 6) is 0.782. The number of hydrogen-bond acceptors (Lipinski definition) is 2. The Morgan fingerprint density at radius 1 is 0.966 bits per heavy atom. The molecule has 29 heavy (non-hydrogen) atoms. The lowest BCUT2D eigenvalue weighted by Crippen LogP contribution is -2.35. The van der Waals surface area contributed by atoms with Crippen molar-refractivity contribution in [1.29, 1.82) is 0 Å². The molecule has 5 heteroatoms. The fraction of sp³-hybridized carbons (Fsp3) is 0.292. The second-order valence-corrected chi connectivity index (χ2v) is 7.39. The summed E-state index contributed by atoms with van der Waals surface area (Å²) >= 11 is 0. The number of hydrogen-bond donors (Lipinski definition) is 2. The molecule has 0 aliphatic carbocycles. The first-order valence-corrected chi connectivity index (χ1v) is 9.81. The van der Waals surface area contributed by atoms with Crippen molar-refractivity contribution in [1.82, 2.24) is 15.2 Å². The van der Waals surface area contributed by atoms with Crippen LogP contribution in [0.2, 0.25) is 0 Å². The van der Waals surface area contributed by atoms with Gasteiger partial charge in [0.05, 0.1) is 13.7 Å². The van der Waals surface area contributed by atoms with E-state index in [4.69, 9.17) is 4.74 Å². The third-order valence-corrected chi connectivity index (χ3v) is 5.11. The third kappa shape index (κ3) is 5.41. The van der Waals surface area contributed by atoms with Crippen LogP contribution in [-0.2, 0) is 19.6 Å². The minimum absolute atomic E-state index is 0.191. The molecule has 0 aliphatic heterocycles. The number of amides is 2. The molecule has 0 saturated carbocycles. The maximum absolute atomic E-state index is 12.2. The van der Waals surface area contributed by atoms with E-state index in [2.05, 4.69) is 54.3 Å². The number of benzene rings is 2. The van der Waals surface area contributed by atoms with Crippen LogP contribution in [0.15, 0.2) is 54.7 Å². The minimum atomic E-state index is -0.191. The summed E-state index contributed by atoms with van der Waals surface area (Å²) < 4.78 is 7.40. The van der Waals surface area contributed by atoms with E-state index < -0.39 is 0 Å². The molecular formula is C24H29N3O2. The lowest BCUT2D eigenvalue weighted by atomic mass is 10.00. The molecule has 2 N–H and O–H groups in total. The summed E-state index contributed by atoms with van der Waals surface area (Å²) in [6.45, 7) is 8.16. The predicted octanol–water partition coefficient (Wildman–Crippen LogP) is 4.47. The Hall–Kier alpha value is -3.21. The van der Waals surface area contributed by atoms with Crippen molar-refractivity contribution < 1.29 is 9.53 Å². The van der Waals surface area contributed by atoms with Gasteiger partial charge >= 0.3 is 6.03 Å². The fourth-order valence-electron chi connectivity index (χ4n) is 3.59. The predicted molar refractivity (Wildman–Crippen MR) is 116 cm³/mol. The van der Waals surface area contributed by atoms with Gasteiger partial charge in [0.25, 0.3) is 0 Å². The number of carbonyl (C=O) groups excluding carboxylic acids is 1. The third-order valence-electron chi connectivity index (χ3n) is 5.11. The first kappa shape index (κ1) is 20.5. The van der Waals surface area contributed by atoms with Gasteiger partial charge in [-0.1, -0.05) is 29.8 Å². The number of urea groups is 1. The van der Waals surface area contributed by atoms with Crippen LogP contribution < -0.4 is 15.4 Å². The van der Waals surface area contributed by atoms with E-state index in [1.165, 1.54) is 22.3 Å². The van der Waals surface area contributed by atoms with Gasteiger partial charge in [0, 0.05) is 25.0 Å². The van der Waals surface area contributed by atoms with E-state index in [0.29, 0.717) is 13.1 Å². The van der Waals surface area contributed by atoms with Crippen LogP contribution in [-0.4, -0.2) is 17.7 Å². The Balaban J connectivity index is 1.57. The second-order valence-electron chi connectivity index (χ2n) is 7.39. The topological polar surface area (TPSA) is 55.3 Å². The molecule has 0 fully saturated rings. The molecule has 0 unspecified atom stereocenters. The van der Waals surface area contributed by atoms with E-state index in [0.717, 1.165) is 23.6 Å². The van der Waals surface area contributed by atoms with Crippen molar-refractivity contribution in [3.63, 3.8) is 0 Å². The van der Waals surface area contributed by atoms with Gasteiger partial charge in [-0.3, -0.25) is 0 Å². The number of ether oxygens (including phenoxy) is 1. The van der Waals surface area contributed by atoms with Gasteiger partial charge in [0.2, 0.25) is 0 Å². The molecule has 3 rings (SSSR count). The van der Waals surface area contributed by atoms with E-state index in [1.54, 1.807) is 7.11 Å². The molecule has 0 saturated heterocycles. The van der Waals surface area contributed by atoms with Crippen LogP contribution in [0.3, 0.4) is 0 Å². The molecule has 2 amide bonds. The molecule has 152 valence electrons. The van der Waals surface area contributed by atoms with Crippen LogP contribution in [0.1, 0.15) is 33.5 Å². The summed E-state index contributed by atoms with van der Waals surface area (Å²) in [5, 5.41) is 5.84. The molecule has 0 spiro atoms. The normalized spacial score (nSPS) is 10.6. The number of methoxy groups -OCH3 is 1. The zero-order chi connectivity index (χ0) is 20.8. The van der Waals surface area contributed by atoms with Crippen molar-refractivity contribution >= 4 is 6.03 Å². The zero-order valence-electron chi connectivity index (χ0n) is 17.6. The largest absolute Gasteiger partial charge is 0.497 e. The molecule has 0 atom stereocenters. The van der Waals surface area contributed by atoms with Gasteiger partial charge in [-0.2, -0.15) is 0 Å². The van der Waals surface area contributed by atoms with Crippen molar-refractivity contribution in [2.45, 2.75) is 40.4 Å². The summed E-state index contributed by atoms with van der Waals surface area (Å²) in [7, 11) is 1.63. The summed E-state index contributed by atoms with van der Waals surface area (Å²) in [4.78, 5) is 12.2. The van der Waals surface area contributed by atoms with Crippen LogP contribution in [0.4, 0.5) is 4.79 Å². The maximum atomic E-state index is 12.2. The Kier molecular flexibility index (Phi) is 6.60. The molecule has 2 aromatic carbocycles. The van der Waals surface area contributed by atoms with E-state index >= 15 is 0 Å². The number of carbonyl (C=O) groups is 1. The summed E-state index contributed by atoms with van der Waals surface area (Å²) in [6, 6.07) is 16.0. The number of nitrogens with zero attached hydrogens (tertiary/aromatic N) is 1. The molecule has 0 aliphatic rings. The highest BCUT2D eigenvalue weighted by Gasteiger charge is 2.09. The smallest absolute Gasteiger partial charge is 0.315 e. The Morgan fingerprint density at radius 2 is 1.69 bits per heavy atom. The van der Waals surface area contributed by atoms with Gasteiger partial charge in [0.15, 0.2) is 0 Å². The quantitative estimate of drug-likeness (QED) is 0.624. The average molecular weight is 392 g/mol. The Bertz CT molecular complexity index is 968.